The lowest BCUT2D eigenvalue weighted by Crippen LogP contribution is -2.28. The maximum Gasteiger partial charge on any atom is 0.266 e. The molecule has 0 saturated carbocycles. The molecule has 3 aromatic rings. The van der Waals surface area contributed by atoms with E-state index in [1.54, 1.807) is 4.90 Å². The number of anilines is 1. The predicted octanol–water partition coefficient (Wildman–Crippen LogP) is 7.83. The number of benzene rings is 3. The van der Waals surface area contributed by atoms with Gasteiger partial charge in [0.2, 0.25) is 0 Å². The van der Waals surface area contributed by atoms with Crippen molar-refractivity contribution in [2.45, 2.75) is 40.0 Å². The smallest absolute Gasteiger partial charge is 0.266 e. The molecule has 0 unspecified atom stereocenters. The van der Waals surface area contributed by atoms with Crippen LogP contribution in [0.25, 0.3) is 11.1 Å². The molecule has 4 nitrogen and oxygen atoms in total. The van der Waals surface area contributed by atoms with Crippen molar-refractivity contribution in [3.05, 3.63) is 107 Å². The Morgan fingerprint density at radius 1 is 0.865 bits per heavy atom. The molecular weight excluding hydrogens is 474 g/mol. The summed E-state index contributed by atoms with van der Waals surface area (Å²) in [6.45, 7) is 12.2. The first-order chi connectivity index (χ1) is 17.8. The van der Waals surface area contributed by atoms with Crippen molar-refractivity contribution in [1.29, 1.82) is 0 Å². The van der Waals surface area contributed by atoms with Crippen LogP contribution >= 0.6 is 11.8 Å². The molecule has 1 fully saturated rings. The molecule has 0 aromatic heterocycles. The average molecular weight is 508 g/mol. The van der Waals surface area contributed by atoms with Crippen LogP contribution in [0.2, 0.25) is 0 Å². The molecule has 5 rings (SSSR count). The largest absolute Gasteiger partial charge is 0.344 e. The number of thioether (sulfide) groups is 1. The minimum absolute atomic E-state index is 0.0120. The lowest BCUT2D eigenvalue weighted by Gasteiger charge is -2.25. The molecule has 5 heteroatoms. The van der Waals surface area contributed by atoms with Gasteiger partial charge in [0.1, 0.15) is 0 Å². The molecule has 0 N–H and O–H groups in total. The molecule has 0 spiro atoms. The number of amidine groups is 1. The number of hydrogen-bond acceptors (Lipinski definition) is 4. The third-order valence-corrected chi connectivity index (χ3v) is 8.20. The predicted molar refractivity (Wildman–Crippen MR) is 157 cm³/mol. The van der Waals surface area contributed by atoms with Crippen LogP contribution in [0.4, 0.5) is 11.4 Å². The van der Waals surface area contributed by atoms with Crippen molar-refractivity contribution < 1.29 is 4.79 Å². The number of allylic oxidation sites excluding steroid dienone is 3. The van der Waals surface area contributed by atoms with Gasteiger partial charge in [0.05, 0.1) is 10.6 Å². The number of amides is 1. The Kier molecular flexibility index (Phi) is 6.82. The summed E-state index contributed by atoms with van der Waals surface area (Å²) in [6, 6.07) is 25.3. The van der Waals surface area contributed by atoms with E-state index >= 15 is 0 Å². The summed E-state index contributed by atoms with van der Waals surface area (Å²) in [5, 5.41) is 0.731. The molecule has 37 heavy (non-hydrogen) atoms. The molecule has 0 aliphatic carbocycles. The van der Waals surface area contributed by atoms with Crippen molar-refractivity contribution in [2.24, 2.45) is 4.99 Å². The molecule has 2 heterocycles. The Bertz CT molecular complexity index is 1420. The van der Waals surface area contributed by atoms with Gasteiger partial charge < -0.3 is 4.90 Å². The molecule has 3 aromatic carbocycles. The molecule has 2 aliphatic heterocycles. The van der Waals surface area contributed by atoms with Gasteiger partial charge in [-0.15, -0.1) is 0 Å². The molecule has 188 valence electrons. The minimum atomic E-state index is -0.192. The second-order valence-corrected chi connectivity index (χ2v) is 10.9. The van der Waals surface area contributed by atoms with Crippen molar-refractivity contribution in [3.8, 4) is 11.1 Å². The van der Waals surface area contributed by atoms with Gasteiger partial charge in [-0.1, -0.05) is 67.9 Å². The van der Waals surface area contributed by atoms with Crippen LogP contribution in [-0.2, 0) is 10.2 Å². The molecule has 1 amide bonds. The van der Waals surface area contributed by atoms with E-state index < -0.39 is 0 Å². The number of carbonyl (C=O) groups is 1. The van der Waals surface area contributed by atoms with Crippen LogP contribution in [0.5, 0.6) is 0 Å². The van der Waals surface area contributed by atoms with E-state index in [-0.39, 0.29) is 11.3 Å². The molecular formula is C32H33N3OS. The van der Waals surface area contributed by atoms with E-state index in [4.69, 9.17) is 4.99 Å². The zero-order valence-electron chi connectivity index (χ0n) is 22.2. The highest BCUT2D eigenvalue weighted by Gasteiger charge is 2.40. The van der Waals surface area contributed by atoms with Gasteiger partial charge in [-0.25, -0.2) is 4.99 Å². The van der Waals surface area contributed by atoms with Crippen LogP contribution < -0.4 is 4.90 Å². The summed E-state index contributed by atoms with van der Waals surface area (Å²) < 4.78 is 0. The van der Waals surface area contributed by atoms with Crippen LogP contribution in [0.1, 0.15) is 38.8 Å². The number of nitrogens with zero attached hydrogens (tertiary/aromatic N) is 3. The van der Waals surface area contributed by atoms with E-state index in [1.807, 2.05) is 43.3 Å². The highest BCUT2D eigenvalue weighted by molar-refractivity contribution is 8.18. The fourth-order valence-corrected chi connectivity index (χ4v) is 6.10. The van der Waals surface area contributed by atoms with E-state index in [0.29, 0.717) is 11.4 Å². The van der Waals surface area contributed by atoms with Crippen molar-refractivity contribution in [3.63, 3.8) is 0 Å². The lowest BCUT2D eigenvalue weighted by molar-refractivity contribution is -0.122. The second-order valence-electron chi connectivity index (χ2n) is 9.93. The van der Waals surface area contributed by atoms with E-state index in [2.05, 4.69) is 81.1 Å². The number of rotatable bonds is 5. The van der Waals surface area contributed by atoms with Crippen molar-refractivity contribution >= 4 is 34.2 Å². The van der Waals surface area contributed by atoms with Gasteiger partial charge in [-0.05, 0) is 85.6 Å². The highest BCUT2D eigenvalue weighted by Crippen LogP contribution is 2.49. The quantitative estimate of drug-likeness (QED) is 0.330. The van der Waals surface area contributed by atoms with Gasteiger partial charge >= 0.3 is 0 Å². The Hall–Kier alpha value is -3.57. The van der Waals surface area contributed by atoms with Crippen LogP contribution in [-0.4, -0.2) is 29.1 Å². The van der Waals surface area contributed by atoms with Gasteiger partial charge in [-0.2, -0.15) is 0 Å². The maximum atomic E-state index is 13.2. The van der Waals surface area contributed by atoms with Gasteiger partial charge in [-0.3, -0.25) is 9.69 Å². The highest BCUT2D eigenvalue weighted by atomic mass is 32.2. The second kappa shape index (κ2) is 10.1. The number of carbonyl (C=O) groups excluding carboxylic acids is 1. The summed E-state index contributed by atoms with van der Waals surface area (Å²) >= 11 is 1.45. The maximum absolute atomic E-state index is 13.2. The third kappa shape index (κ3) is 4.64. The van der Waals surface area contributed by atoms with E-state index in [0.717, 1.165) is 17.4 Å². The zero-order valence-corrected chi connectivity index (χ0v) is 23.0. The van der Waals surface area contributed by atoms with Gasteiger partial charge in [0.25, 0.3) is 5.91 Å². The first kappa shape index (κ1) is 25.1. The minimum Gasteiger partial charge on any atom is -0.344 e. The zero-order chi connectivity index (χ0) is 26.2. The first-order valence-electron chi connectivity index (χ1n) is 12.9. The van der Waals surface area contributed by atoms with E-state index in [1.165, 1.54) is 45.4 Å². The number of aliphatic imine (C=N–C) groups is 1. The Morgan fingerprint density at radius 2 is 1.57 bits per heavy atom. The van der Waals surface area contributed by atoms with Gasteiger partial charge in [0, 0.05) is 29.9 Å². The van der Waals surface area contributed by atoms with E-state index in [9.17, 15) is 4.79 Å². The lowest BCUT2D eigenvalue weighted by atomic mass is 9.82. The summed E-state index contributed by atoms with van der Waals surface area (Å²) in [4.78, 5) is 22.8. The van der Waals surface area contributed by atoms with Crippen LogP contribution in [0.15, 0.2) is 101 Å². The van der Waals surface area contributed by atoms with Crippen molar-refractivity contribution in [1.82, 2.24) is 4.90 Å². The molecule has 2 aliphatic rings. The Balaban J connectivity index is 1.49. The van der Waals surface area contributed by atoms with Crippen molar-refractivity contribution in [2.75, 3.05) is 18.0 Å². The Labute approximate surface area is 224 Å². The fraction of sp³-hybridized carbons (Fsp3) is 0.250. The van der Waals surface area contributed by atoms with Gasteiger partial charge in [0.15, 0.2) is 5.17 Å². The fourth-order valence-electron chi connectivity index (χ4n) is 5.10. The topological polar surface area (TPSA) is 35.9 Å². The summed E-state index contributed by atoms with van der Waals surface area (Å²) in [7, 11) is 0. The summed E-state index contributed by atoms with van der Waals surface area (Å²) in [5.41, 5.74) is 8.04. The SMILES string of the molecule is CCN1C(=O)/C(=C/C=C2\N(CC)c3ccc(-c4ccccc4)cc3C2(C)C)SC1=Nc1ccc(C)cc1. The normalized spacial score (nSPS) is 19.9. The summed E-state index contributed by atoms with van der Waals surface area (Å²) in [5.74, 6) is 0.0120. The monoisotopic (exact) mass is 507 g/mol. The third-order valence-electron chi connectivity index (χ3n) is 7.17. The molecule has 0 radical (unpaired) electrons. The molecule has 0 bridgehead atoms. The molecule has 0 atom stereocenters. The molecule has 1 saturated heterocycles. The number of aryl methyl sites for hydroxylation is 1. The average Bonchev–Trinajstić information content (AvgIpc) is 3.32. The number of fused-ring (bicyclic) bond motifs is 1. The number of likely N-dealkylation sites (N-methyl/N-ethyl adjacent to an activating group) is 2. The summed E-state index contributed by atoms with van der Waals surface area (Å²) in [6.07, 6.45) is 4.12. The first-order valence-corrected chi connectivity index (χ1v) is 13.7. The standard InChI is InChI=1S/C32H33N3OS/c1-6-34-27-18-15-24(23-11-9-8-10-12-23)21-26(27)32(4,5)29(34)20-19-28-30(36)35(7-2)31(37-28)33-25-16-13-22(3)14-17-25/h8-21H,6-7H2,1-5H3/b28-19-,29-20-,33-31?. The van der Waals surface area contributed by atoms with Crippen LogP contribution in [0.3, 0.4) is 0 Å². The Morgan fingerprint density at radius 3 is 2.24 bits per heavy atom. The van der Waals surface area contributed by atoms with Crippen LogP contribution in [0, 0.1) is 6.92 Å². The number of hydrogen-bond donors (Lipinski definition) is 0.